The normalized spacial score (nSPS) is 11.0. The zero-order valence-corrected chi connectivity index (χ0v) is 18.3. The fourth-order valence-corrected chi connectivity index (χ4v) is 4.13. The van der Waals surface area contributed by atoms with Crippen LogP contribution in [0.1, 0.15) is 5.56 Å². The van der Waals surface area contributed by atoms with Gasteiger partial charge < -0.3 is 14.2 Å². The van der Waals surface area contributed by atoms with Crippen molar-refractivity contribution in [3.05, 3.63) is 87.0 Å². The van der Waals surface area contributed by atoms with E-state index in [1.54, 1.807) is 31.2 Å². The number of pyridine rings is 1. The van der Waals surface area contributed by atoms with Crippen LogP contribution < -0.4 is 10.2 Å². The van der Waals surface area contributed by atoms with Crippen molar-refractivity contribution < 1.29 is 9.53 Å². The Morgan fingerprint density at radius 3 is 2.20 bits per heavy atom. The molecule has 0 saturated carbocycles. The summed E-state index contributed by atoms with van der Waals surface area (Å²) in [4.78, 5) is 27.7. The molecule has 0 saturated heterocycles. The first-order chi connectivity index (χ1) is 14.5. The third-order valence-corrected chi connectivity index (χ3v) is 5.74. The number of aromatic nitrogens is 1. The third-order valence-electron chi connectivity index (χ3n) is 5.25. The van der Waals surface area contributed by atoms with Gasteiger partial charge in [-0.3, -0.25) is 9.59 Å². The molecule has 4 aromatic rings. The van der Waals surface area contributed by atoms with Crippen LogP contribution in [-0.2, 0) is 17.9 Å². The van der Waals surface area contributed by atoms with E-state index < -0.39 is 0 Å². The number of para-hydroxylation sites is 2. The number of halogens is 1. The number of amides is 1. The van der Waals surface area contributed by atoms with Crippen molar-refractivity contribution >= 4 is 43.6 Å². The summed E-state index contributed by atoms with van der Waals surface area (Å²) < 4.78 is 8.28. The maximum absolute atomic E-state index is 13.1. The Bertz CT molecular complexity index is 1250. The van der Waals surface area contributed by atoms with Gasteiger partial charge in [0, 0.05) is 34.4 Å². The van der Waals surface area contributed by atoms with Gasteiger partial charge in [0.15, 0.2) is 5.43 Å². The molecule has 0 aliphatic rings. The molecule has 0 unspecified atom stereocenters. The number of carbonyl (C=O) groups is 1. The smallest absolute Gasteiger partial charge is 0.242 e. The van der Waals surface area contributed by atoms with Crippen molar-refractivity contribution in [1.82, 2.24) is 9.47 Å². The Kier molecular flexibility index (Phi) is 5.59. The third kappa shape index (κ3) is 3.71. The zero-order valence-electron chi connectivity index (χ0n) is 16.8. The minimum Gasteiger partial charge on any atom is -0.496 e. The Labute approximate surface area is 182 Å². The summed E-state index contributed by atoms with van der Waals surface area (Å²) in [6, 6.07) is 20.6. The highest BCUT2D eigenvalue weighted by Gasteiger charge is 2.17. The molecule has 0 aliphatic carbocycles. The quantitative estimate of drug-likeness (QED) is 0.406. The molecule has 5 nitrogen and oxygen atoms in total. The van der Waals surface area contributed by atoms with E-state index in [1.165, 1.54) is 0 Å². The summed E-state index contributed by atoms with van der Waals surface area (Å²) in [5, 5.41) is 1.22. The number of benzene rings is 3. The van der Waals surface area contributed by atoms with Gasteiger partial charge in [0.2, 0.25) is 5.91 Å². The highest BCUT2D eigenvalue weighted by atomic mass is 79.9. The fraction of sp³-hybridized carbons (Fsp3) is 0.167. The van der Waals surface area contributed by atoms with Crippen molar-refractivity contribution in [3.63, 3.8) is 0 Å². The summed E-state index contributed by atoms with van der Waals surface area (Å²) in [6.45, 7) is 0.547. The molecule has 0 radical (unpaired) electrons. The van der Waals surface area contributed by atoms with E-state index in [2.05, 4.69) is 15.9 Å². The molecule has 1 heterocycles. The van der Waals surface area contributed by atoms with Crippen LogP contribution in [0.4, 0.5) is 0 Å². The SMILES string of the molecule is COc1ccc(Br)cc1CN(C)C(=O)Cn1c2ccccc2c(=O)c2ccccc21. The van der Waals surface area contributed by atoms with Crippen LogP contribution in [0.15, 0.2) is 76.0 Å². The van der Waals surface area contributed by atoms with Gasteiger partial charge in [-0.1, -0.05) is 40.2 Å². The van der Waals surface area contributed by atoms with Gasteiger partial charge >= 0.3 is 0 Å². The Morgan fingerprint density at radius 1 is 1.00 bits per heavy atom. The van der Waals surface area contributed by atoms with Crippen LogP contribution in [0.5, 0.6) is 5.75 Å². The molecule has 6 heteroatoms. The molecule has 4 rings (SSSR count). The van der Waals surface area contributed by atoms with Gasteiger partial charge in [-0.25, -0.2) is 0 Å². The zero-order chi connectivity index (χ0) is 21.3. The minimum atomic E-state index is -0.0593. The van der Waals surface area contributed by atoms with Crippen LogP contribution in [-0.4, -0.2) is 29.5 Å². The molecule has 30 heavy (non-hydrogen) atoms. The maximum Gasteiger partial charge on any atom is 0.242 e. The highest BCUT2D eigenvalue weighted by molar-refractivity contribution is 9.10. The lowest BCUT2D eigenvalue weighted by atomic mass is 10.1. The lowest BCUT2D eigenvalue weighted by molar-refractivity contribution is -0.130. The van der Waals surface area contributed by atoms with Crippen molar-refractivity contribution in [2.75, 3.05) is 14.2 Å². The predicted molar refractivity (Wildman–Crippen MR) is 123 cm³/mol. The minimum absolute atomic E-state index is 0.0166. The number of nitrogens with zero attached hydrogens (tertiary/aromatic N) is 2. The first kappa shape index (κ1) is 20.2. The first-order valence-electron chi connectivity index (χ1n) is 9.56. The summed E-state index contributed by atoms with van der Waals surface area (Å²) in [7, 11) is 3.39. The molecule has 3 aromatic carbocycles. The largest absolute Gasteiger partial charge is 0.496 e. The van der Waals surface area contributed by atoms with Gasteiger partial charge in [0.1, 0.15) is 12.3 Å². The van der Waals surface area contributed by atoms with E-state index in [4.69, 9.17) is 4.74 Å². The van der Waals surface area contributed by atoms with E-state index in [1.807, 2.05) is 59.2 Å². The van der Waals surface area contributed by atoms with Crippen molar-refractivity contribution in [3.8, 4) is 5.75 Å². The van der Waals surface area contributed by atoms with Crippen molar-refractivity contribution in [2.45, 2.75) is 13.1 Å². The average Bonchev–Trinajstić information content (AvgIpc) is 2.76. The van der Waals surface area contributed by atoms with Crippen molar-refractivity contribution in [2.24, 2.45) is 0 Å². The van der Waals surface area contributed by atoms with Crippen LogP contribution >= 0.6 is 15.9 Å². The molecule has 0 atom stereocenters. The second kappa shape index (κ2) is 8.32. The lowest BCUT2D eigenvalue weighted by Gasteiger charge is -2.21. The number of fused-ring (bicyclic) bond motifs is 2. The first-order valence-corrected chi connectivity index (χ1v) is 10.4. The molecule has 0 bridgehead atoms. The fourth-order valence-electron chi connectivity index (χ4n) is 3.72. The van der Waals surface area contributed by atoms with E-state index in [9.17, 15) is 9.59 Å². The van der Waals surface area contributed by atoms with Crippen LogP contribution in [0.2, 0.25) is 0 Å². The van der Waals surface area contributed by atoms with Gasteiger partial charge in [0.05, 0.1) is 18.1 Å². The number of hydrogen-bond acceptors (Lipinski definition) is 3. The average molecular weight is 465 g/mol. The Balaban J connectivity index is 1.72. The van der Waals surface area contributed by atoms with E-state index in [0.717, 1.165) is 26.8 Å². The number of carbonyl (C=O) groups excluding carboxylic acids is 1. The number of likely N-dealkylation sites (N-methyl/N-ethyl adjacent to an activating group) is 1. The summed E-state index contributed by atoms with van der Waals surface area (Å²) in [5.41, 5.74) is 2.40. The molecule has 1 amide bonds. The Morgan fingerprint density at radius 2 is 1.60 bits per heavy atom. The number of hydrogen-bond donors (Lipinski definition) is 0. The number of rotatable bonds is 5. The number of ether oxygens (including phenoxy) is 1. The summed E-state index contributed by atoms with van der Waals surface area (Å²) in [5.74, 6) is 0.674. The van der Waals surface area contributed by atoms with E-state index in [-0.39, 0.29) is 17.9 Å². The highest BCUT2D eigenvalue weighted by Crippen LogP contribution is 2.25. The second-order valence-corrected chi connectivity index (χ2v) is 8.07. The van der Waals surface area contributed by atoms with Gasteiger partial charge in [-0.15, -0.1) is 0 Å². The van der Waals surface area contributed by atoms with E-state index >= 15 is 0 Å². The predicted octanol–water partition coefficient (Wildman–Crippen LogP) is 4.58. The lowest BCUT2D eigenvalue weighted by Crippen LogP contribution is -2.30. The van der Waals surface area contributed by atoms with Crippen LogP contribution in [0.25, 0.3) is 21.8 Å². The van der Waals surface area contributed by atoms with E-state index in [0.29, 0.717) is 17.3 Å². The van der Waals surface area contributed by atoms with Gasteiger partial charge in [0.25, 0.3) is 0 Å². The standard InChI is InChI=1S/C24H21BrN2O3/c1-26(14-16-13-17(25)11-12-22(16)30-2)23(28)15-27-20-9-5-3-7-18(20)24(29)19-8-4-6-10-21(19)27/h3-13H,14-15H2,1-2H3. The molecular weight excluding hydrogens is 444 g/mol. The monoisotopic (exact) mass is 464 g/mol. The molecule has 1 aromatic heterocycles. The molecular formula is C24H21BrN2O3. The van der Waals surface area contributed by atoms with Crippen molar-refractivity contribution in [1.29, 1.82) is 0 Å². The Hall–Kier alpha value is -3.12. The summed E-state index contributed by atoms with van der Waals surface area (Å²) >= 11 is 3.47. The molecule has 0 N–H and O–H groups in total. The molecule has 152 valence electrons. The summed E-state index contributed by atoms with van der Waals surface area (Å²) in [6.07, 6.45) is 0. The van der Waals surface area contributed by atoms with Gasteiger partial charge in [-0.05, 0) is 42.5 Å². The topological polar surface area (TPSA) is 51.5 Å². The molecule has 0 fully saturated rings. The van der Waals surface area contributed by atoms with Crippen LogP contribution in [0, 0.1) is 0 Å². The molecule has 0 aliphatic heterocycles. The molecule has 0 spiro atoms. The van der Waals surface area contributed by atoms with Gasteiger partial charge in [-0.2, -0.15) is 0 Å². The second-order valence-electron chi connectivity index (χ2n) is 7.16. The maximum atomic E-state index is 13.1. The number of methoxy groups -OCH3 is 1. The van der Waals surface area contributed by atoms with Crippen LogP contribution in [0.3, 0.4) is 0 Å².